The Hall–Kier alpha value is -8.74. The minimum absolute atomic E-state index is 0.0458. The Morgan fingerprint density at radius 3 is 1.07 bits per heavy atom. The molecule has 0 unspecified atom stereocenters. The summed E-state index contributed by atoms with van der Waals surface area (Å²) in [6, 6.07) is 48.4. The Labute approximate surface area is 621 Å². The zero-order valence-electron chi connectivity index (χ0n) is 66.8. The molecule has 6 nitrogen and oxygen atoms in total. The van der Waals surface area contributed by atoms with Gasteiger partial charge in [-0.25, -0.2) is 13.7 Å². The molecule has 13 aromatic rings. The van der Waals surface area contributed by atoms with Crippen LogP contribution in [0.25, 0.3) is 109 Å². The number of benzene rings is 7. The third-order valence-electron chi connectivity index (χ3n) is 25.4. The minimum Gasteiger partial charge on any atom is -0.260 e. The lowest BCUT2D eigenvalue weighted by Gasteiger charge is -2.34. The van der Waals surface area contributed by atoms with E-state index in [2.05, 4.69) is 305 Å². The normalized spacial score (nSPS) is 16.5. The minimum atomic E-state index is 0.0458. The van der Waals surface area contributed by atoms with Crippen LogP contribution in [0.5, 0.6) is 0 Å². The van der Waals surface area contributed by atoms with E-state index in [0.717, 1.165) is 11.4 Å². The average Bonchev–Trinajstić information content (AvgIpc) is 0.751. The van der Waals surface area contributed by atoms with Gasteiger partial charge < -0.3 is 0 Å². The number of fused-ring (bicyclic) bond motifs is 10. The summed E-state index contributed by atoms with van der Waals surface area (Å²) in [6.07, 6.45) is 23.9. The summed E-state index contributed by atoms with van der Waals surface area (Å²) in [4.78, 5) is 15.2. The molecule has 6 heteroatoms. The quantitative estimate of drug-likeness (QED) is 0.123. The molecule has 0 N–H and O–H groups in total. The summed E-state index contributed by atoms with van der Waals surface area (Å²) in [6.45, 7) is 41.4. The highest BCUT2D eigenvalue weighted by molar-refractivity contribution is 6.14. The van der Waals surface area contributed by atoms with E-state index in [1.807, 2.05) is 6.20 Å². The van der Waals surface area contributed by atoms with Crippen molar-refractivity contribution in [3.63, 3.8) is 0 Å². The fourth-order valence-electron chi connectivity index (χ4n) is 18.8. The van der Waals surface area contributed by atoms with Gasteiger partial charge in [-0.1, -0.05) is 128 Å². The third kappa shape index (κ3) is 13.8. The maximum absolute atomic E-state index is 5.16. The van der Waals surface area contributed by atoms with Crippen molar-refractivity contribution in [1.29, 1.82) is 0 Å². The fourth-order valence-corrected chi connectivity index (χ4v) is 18.8. The van der Waals surface area contributed by atoms with Crippen molar-refractivity contribution in [2.24, 2.45) is 37.4 Å². The molecule has 104 heavy (non-hydrogen) atoms. The molecule has 16 rings (SSSR count). The fraction of sp³-hybridized carbons (Fsp3) is 0.408. The molecular formula is C98H115N6+3. The van der Waals surface area contributed by atoms with Gasteiger partial charge in [-0.3, -0.25) is 15.0 Å². The molecule has 7 aromatic carbocycles. The van der Waals surface area contributed by atoms with E-state index in [-0.39, 0.29) is 5.41 Å². The average molecular weight is 1380 g/mol. The molecule has 3 fully saturated rings. The number of hydrogen-bond acceptors (Lipinski definition) is 3. The molecule has 3 aliphatic rings. The molecule has 0 amide bonds. The van der Waals surface area contributed by atoms with Crippen LogP contribution in [0.1, 0.15) is 230 Å². The Balaban J connectivity index is 0.000000132. The first kappa shape index (κ1) is 72.2. The number of pyridine rings is 6. The monoisotopic (exact) mass is 1380 g/mol. The van der Waals surface area contributed by atoms with Gasteiger partial charge in [0, 0.05) is 85.9 Å². The van der Waals surface area contributed by atoms with Gasteiger partial charge in [0.15, 0.2) is 18.6 Å². The summed E-state index contributed by atoms with van der Waals surface area (Å²) in [5, 5.41) is 18.7. The van der Waals surface area contributed by atoms with Crippen molar-refractivity contribution in [3.8, 4) is 33.8 Å². The van der Waals surface area contributed by atoms with Crippen LogP contribution in [0.4, 0.5) is 0 Å². The molecule has 6 aromatic heterocycles. The smallest absolute Gasteiger partial charge is 0.220 e. The summed E-state index contributed by atoms with van der Waals surface area (Å²) in [5.41, 5.74) is 26.3. The molecule has 3 saturated carbocycles. The van der Waals surface area contributed by atoms with E-state index in [1.54, 1.807) is 0 Å². The lowest BCUT2D eigenvalue weighted by molar-refractivity contribution is -0.659. The topological polar surface area (TPSA) is 50.3 Å². The molecule has 0 saturated heterocycles. The molecule has 0 atom stereocenters. The van der Waals surface area contributed by atoms with Gasteiger partial charge in [-0.05, 0) is 276 Å². The predicted molar refractivity (Wildman–Crippen MR) is 441 cm³/mol. The number of aromatic nitrogens is 6. The predicted octanol–water partition coefficient (Wildman–Crippen LogP) is 24.9. The van der Waals surface area contributed by atoms with Crippen LogP contribution in [0, 0.1) is 78.6 Å². The maximum atomic E-state index is 5.16. The van der Waals surface area contributed by atoms with Crippen LogP contribution in [-0.2, 0) is 26.6 Å². The standard InChI is InChI=1S/C37H43N2.C31H37N2.C30H35N2/c1-23-21-32-27-17-20-39(8)35(31-22-33(36(3,4)5)28-12-10-9-11-26(28)24(31)2)30(27)14-13-29(32)34(38-23)25-15-18-37(6,7)19-16-25;1-19-16-20(2)22(4)27(17-19)30-26-9-8-25-28(24(26)12-15-33(30)7)18-21(3)32-29(25)23-10-13-31(5,6)14-11-23;1-19-17-20(2)21(3)27(18-19)29-26-8-7-25-23(24(26)12-16-32(29)6)11-15-31-28(25)22-9-13-30(4,5)14-10-22/h9-14,17,20-22,25H,15-16,18-19H2,1-8H3;8-9,12,15-18,23H,10-11,13-14H2,1-7H3;7-8,11-12,15-18,22H,9-10,13-14H2,1-6H3/q3*+1. The second kappa shape index (κ2) is 27.6. The first-order valence-electron chi connectivity index (χ1n) is 39.2. The number of aryl methyl sites for hydroxylation is 10. The Morgan fingerprint density at radius 2 is 0.673 bits per heavy atom. The molecule has 3 aliphatic carbocycles. The Morgan fingerprint density at radius 1 is 0.337 bits per heavy atom. The molecule has 0 radical (unpaired) electrons. The van der Waals surface area contributed by atoms with Gasteiger partial charge in [-0.15, -0.1) is 0 Å². The lowest BCUT2D eigenvalue weighted by Crippen LogP contribution is -2.31. The third-order valence-corrected chi connectivity index (χ3v) is 25.4. The molecule has 534 valence electrons. The summed E-state index contributed by atoms with van der Waals surface area (Å²) in [7, 11) is 6.53. The van der Waals surface area contributed by atoms with Gasteiger partial charge in [-0.2, -0.15) is 0 Å². The van der Waals surface area contributed by atoms with Crippen molar-refractivity contribution in [3.05, 3.63) is 225 Å². The largest absolute Gasteiger partial charge is 0.260 e. The first-order valence-corrected chi connectivity index (χ1v) is 39.2. The van der Waals surface area contributed by atoms with Gasteiger partial charge in [0.05, 0.1) is 49.9 Å². The van der Waals surface area contributed by atoms with Crippen LogP contribution in [0.3, 0.4) is 0 Å². The Bertz CT molecular complexity index is 5550. The van der Waals surface area contributed by atoms with E-state index in [1.165, 1.54) is 248 Å². The second-order valence-corrected chi connectivity index (χ2v) is 35.9. The van der Waals surface area contributed by atoms with Gasteiger partial charge in [0.2, 0.25) is 17.1 Å². The highest BCUT2D eigenvalue weighted by Crippen LogP contribution is 2.49. The molecule has 0 spiro atoms. The maximum Gasteiger partial charge on any atom is 0.220 e. The number of nitrogens with zero attached hydrogens (tertiary/aromatic N) is 6. The summed E-state index contributed by atoms with van der Waals surface area (Å²) >= 11 is 0. The van der Waals surface area contributed by atoms with Crippen molar-refractivity contribution >= 4 is 75.4 Å². The van der Waals surface area contributed by atoms with Gasteiger partial charge >= 0.3 is 0 Å². The highest BCUT2D eigenvalue weighted by Gasteiger charge is 2.34. The van der Waals surface area contributed by atoms with E-state index in [4.69, 9.17) is 15.0 Å². The summed E-state index contributed by atoms with van der Waals surface area (Å²) < 4.78 is 6.88. The van der Waals surface area contributed by atoms with Gasteiger partial charge in [0.1, 0.15) is 21.1 Å². The van der Waals surface area contributed by atoms with Gasteiger partial charge in [0.25, 0.3) is 0 Å². The molecule has 0 aliphatic heterocycles. The van der Waals surface area contributed by atoms with E-state index in [0.29, 0.717) is 34.0 Å². The van der Waals surface area contributed by atoms with Crippen molar-refractivity contribution in [2.45, 2.75) is 225 Å². The van der Waals surface area contributed by atoms with E-state index < -0.39 is 0 Å². The van der Waals surface area contributed by atoms with Crippen LogP contribution in [0.2, 0.25) is 0 Å². The van der Waals surface area contributed by atoms with Crippen LogP contribution in [0.15, 0.2) is 152 Å². The lowest BCUT2D eigenvalue weighted by atomic mass is 9.71. The van der Waals surface area contributed by atoms with Crippen molar-refractivity contribution in [2.75, 3.05) is 0 Å². The number of hydrogen-bond donors (Lipinski definition) is 0. The highest BCUT2D eigenvalue weighted by atomic mass is 14.9. The van der Waals surface area contributed by atoms with Crippen LogP contribution < -0.4 is 13.7 Å². The Kier molecular flexibility index (Phi) is 19.2. The van der Waals surface area contributed by atoms with Crippen LogP contribution in [-0.4, -0.2) is 15.0 Å². The molecule has 6 heterocycles. The molecule has 0 bridgehead atoms. The zero-order chi connectivity index (χ0) is 73.8. The van der Waals surface area contributed by atoms with E-state index in [9.17, 15) is 0 Å². The SMILES string of the molecule is Cc1cc(C)c(C)c(-c2c3ccc4c(C5CCC(C)(C)CC5)nc(C)cc4c3cc[n+]2C)c1.Cc1cc(C)c(C)c(-c2c3ccc4c(C5CCC(C)(C)CC5)nccc4c3cc[n+]2C)c1.Cc1cc2c(ccc3c(-c4cc(C(C)(C)C)c5ccccc5c4C)[n+](C)ccc32)c(C2CCC(C)(C)CC2)n1. The molecular weight excluding hydrogens is 1260 g/mol. The van der Waals surface area contributed by atoms with E-state index >= 15 is 0 Å². The van der Waals surface area contributed by atoms with Crippen LogP contribution >= 0.6 is 0 Å². The second-order valence-electron chi connectivity index (χ2n) is 35.9. The van der Waals surface area contributed by atoms with Crippen molar-refractivity contribution in [1.82, 2.24) is 15.0 Å². The summed E-state index contributed by atoms with van der Waals surface area (Å²) in [5.74, 6) is 1.69. The number of rotatable bonds is 6. The first-order chi connectivity index (χ1) is 49.3. The zero-order valence-corrected chi connectivity index (χ0v) is 66.8. The van der Waals surface area contributed by atoms with Crippen molar-refractivity contribution < 1.29 is 13.7 Å².